The van der Waals surface area contributed by atoms with Gasteiger partial charge in [0.15, 0.2) is 0 Å². The predicted octanol–water partition coefficient (Wildman–Crippen LogP) is 3.10. The van der Waals surface area contributed by atoms with E-state index >= 15 is 0 Å². The molecule has 0 spiro atoms. The number of likely N-dealkylation sites (tertiary alicyclic amines) is 1. The van der Waals surface area contributed by atoms with Crippen LogP contribution in [0.2, 0.25) is 0 Å². The Morgan fingerprint density at radius 2 is 1.83 bits per heavy atom. The quantitative estimate of drug-likeness (QED) is 0.580. The number of aliphatic hydroxyl groups is 1. The molecule has 2 N–H and O–H groups in total. The van der Waals surface area contributed by atoms with Gasteiger partial charge in [0.05, 0.1) is 19.4 Å². The molecule has 2 aliphatic carbocycles. The summed E-state index contributed by atoms with van der Waals surface area (Å²) < 4.78 is 5.46. The second-order valence-corrected chi connectivity index (χ2v) is 9.98. The number of benzene rings is 2. The van der Waals surface area contributed by atoms with Crippen LogP contribution in [0.4, 0.5) is 0 Å². The molecular formula is C28H33N3O5. The number of ether oxygens (including phenoxy) is 1. The summed E-state index contributed by atoms with van der Waals surface area (Å²) in [4.78, 5) is 33.5. The van der Waals surface area contributed by atoms with Crippen LogP contribution in [0.3, 0.4) is 0 Å². The smallest absolute Gasteiger partial charge is 0.254 e. The van der Waals surface area contributed by atoms with Gasteiger partial charge in [0.25, 0.3) is 5.91 Å². The third kappa shape index (κ3) is 4.46. The Hall–Kier alpha value is -3.39. The first kappa shape index (κ1) is 24.3. The van der Waals surface area contributed by atoms with Crippen molar-refractivity contribution in [1.29, 1.82) is 0 Å². The zero-order valence-corrected chi connectivity index (χ0v) is 20.7. The van der Waals surface area contributed by atoms with Crippen molar-refractivity contribution in [3.8, 4) is 16.9 Å². The number of aliphatic hydroxyl groups excluding tert-OH is 1. The minimum absolute atomic E-state index is 0.0400. The van der Waals surface area contributed by atoms with Gasteiger partial charge in [-0.1, -0.05) is 35.5 Å². The number of para-hydroxylation sites is 1. The number of fused-ring (bicyclic) bond motifs is 2. The molecule has 1 saturated heterocycles. The average Bonchev–Trinajstić information content (AvgIpc) is 3.64. The van der Waals surface area contributed by atoms with Crippen LogP contribution in [0.1, 0.15) is 36.0 Å². The standard InChI is InChI=1S/C28H33N3O5/c1-35-25-6-4-3-5-22(25)17-7-9-18(10-8-17)28(34)31-15-21(30-36-2)14-24(31)27(33)29-26-20-12-11-19(13-20)23(26)16-32/h3-10,19-20,23-24,26,32H,11-16H2,1-2H3,(H,29,33)/t19-,20+,23+,24-,26-/m0/s1. The second kappa shape index (κ2) is 10.3. The Balaban J connectivity index is 1.35. The van der Waals surface area contributed by atoms with Gasteiger partial charge in [-0.25, -0.2) is 0 Å². The van der Waals surface area contributed by atoms with Crippen LogP contribution in [0.5, 0.6) is 5.75 Å². The van der Waals surface area contributed by atoms with Gasteiger partial charge in [0.1, 0.15) is 18.9 Å². The third-order valence-corrected chi connectivity index (χ3v) is 8.10. The molecule has 1 heterocycles. The first-order chi connectivity index (χ1) is 17.5. The number of oxime groups is 1. The molecule has 0 radical (unpaired) electrons. The molecule has 36 heavy (non-hydrogen) atoms. The number of rotatable bonds is 7. The number of hydrogen-bond acceptors (Lipinski definition) is 6. The fourth-order valence-corrected chi connectivity index (χ4v) is 6.35. The third-order valence-electron chi connectivity index (χ3n) is 8.10. The maximum absolute atomic E-state index is 13.6. The summed E-state index contributed by atoms with van der Waals surface area (Å²) >= 11 is 0. The van der Waals surface area contributed by atoms with Crippen LogP contribution >= 0.6 is 0 Å². The molecule has 8 nitrogen and oxygen atoms in total. The minimum Gasteiger partial charge on any atom is -0.496 e. The van der Waals surface area contributed by atoms with E-state index < -0.39 is 6.04 Å². The van der Waals surface area contributed by atoms with Gasteiger partial charge in [-0.3, -0.25) is 9.59 Å². The van der Waals surface area contributed by atoms with Crippen LogP contribution in [-0.4, -0.2) is 67.0 Å². The highest BCUT2D eigenvalue weighted by atomic mass is 16.6. The molecule has 190 valence electrons. The highest BCUT2D eigenvalue weighted by Gasteiger charge is 2.49. The molecule has 2 aromatic rings. The van der Waals surface area contributed by atoms with Crippen molar-refractivity contribution in [2.75, 3.05) is 27.4 Å². The fraction of sp³-hybridized carbons (Fsp3) is 0.464. The van der Waals surface area contributed by atoms with Crippen molar-refractivity contribution in [2.45, 2.75) is 37.8 Å². The number of methoxy groups -OCH3 is 1. The van der Waals surface area contributed by atoms with E-state index in [9.17, 15) is 14.7 Å². The van der Waals surface area contributed by atoms with E-state index in [1.54, 1.807) is 24.1 Å². The Morgan fingerprint density at radius 1 is 1.08 bits per heavy atom. The largest absolute Gasteiger partial charge is 0.496 e. The summed E-state index contributed by atoms with van der Waals surface area (Å²) in [5.74, 6) is 1.30. The Labute approximate surface area is 211 Å². The zero-order valence-electron chi connectivity index (χ0n) is 20.7. The van der Waals surface area contributed by atoms with Crippen molar-refractivity contribution >= 4 is 17.5 Å². The van der Waals surface area contributed by atoms with E-state index in [1.165, 1.54) is 7.11 Å². The number of hydrogen-bond donors (Lipinski definition) is 2. The highest BCUT2D eigenvalue weighted by Crippen LogP contribution is 2.48. The first-order valence-electron chi connectivity index (χ1n) is 12.6. The molecule has 2 bridgehead atoms. The topological polar surface area (TPSA) is 100 Å². The molecule has 5 atom stereocenters. The van der Waals surface area contributed by atoms with E-state index in [1.807, 2.05) is 36.4 Å². The van der Waals surface area contributed by atoms with Gasteiger partial charge >= 0.3 is 0 Å². The summed E-state index contributed by atoms with van der Waals surface area (Å²) in [5.41, 5.74) is 3.03. The lowest BCUT2D eigenvalue weighted by Crippen LogP contribution is -2.52. The van der Waals surface area contributed by atoms with Crippen molar-refractivity contribution in [3.63, 3.8) is 0 Å². The maximum atomic E-state index is 13.6. The highest BCUT2D eigenvalue weighted by molar-refractivity contribution is 6.05. The molecular weight excluding hydrogens is 458 g/mol. The predicted molar refractivity (Wildman–Crippen MR) is 136 cm³/mol. The van der Waals surface area contributed by atoms with Crippen LogP contribution in [0.25, 0.3) is 11.1 Å². The zero-order chi connectivity index (χ0) is 25.2. The maximum Gasteiger partial charge on any atom is 0.254 e. The molecule has 3 aliphatic rings. The summed E-state index contributed by atoms with van der Waals surface area (Å²) in [6.07, 6.45) is 3.58. The van der Waals surface area contributed by atoms with Gasteiger partial charge in [-0.2, -0.15) is 0 Å². The molecule has 3 fully saturated rings. The monoisotopic (exact) mass is 491 g/mol. The molecule has 0 aromatic heterocycles. The Morgan fingerprint density at radius 3 is 2.56 bits per heavy atom. The number of nitrogens with one attached hydrogen (secondary N) is 1. The molecule has 1 aliphatic heterocycles. The molecule has 5 rings (SSSR count). The molecule has 2 saturated carbocycles. The average molecular weight is 492 g/mol. The molecule has 2 amide bonds. The SMILES string of the molecule is CON=C1C[C@@H](C(=O)N[C@H]2[C@@H]3CC[C@@H](C3)[C@H]2CO)N(C(=O)c2ccc(-c3ccccc3OC)cc2)C1. The summed E-state index contributed by atoms with van der Waals surface area (Å²) in [5, 5.41) is 17.2. The number of carbonyl (C=O) groups excluding carboxylic acids is 2. The molecule has 0 unspecified atom stereocenters. The van der Waals surface area contributed by atoms with Crippen molar-refractivity contribution in [2.24, 2.45) is 22.9 Å². The van der Waals surface area contributed by atoms with Crippen molar-refractivity contribution in [3.05, 3.63) is 54.1 Å². The van der Waals surface area contributed by atoms with Gasteiger partial charge < -0.3 is 24.9 Å². The van der Waals surface area contributed by atoms with E-state index in [-0.39, 0.29) is 36.9 Å². The second-order valence-electron chi connectivity index (χ2n) is 9.98. The van der Waals surface area contributed by atoms with Gasteiger partial charge in [-0.05, 0) is 54.9 Å². The van der Waals surface area contributed by atoms with E-state index in [2.05, 4.69) is 10.5 Å². The van der Waals surface area contributed by atoms with Crippen LogP contribution in [0, 0.1) is 17.8 Å². The van der Waals surface area contributed by atoms with Crippen LogP contribution in [0.15, 0.2) is 53.7 Å². The van der Waals surface area contributed by atoms with Crippen molar-refractivity contribution in [1.82, 2.24) is 10.2 Å². The Bertz CT molecular complexity index is 1150. The summed E-state index contributed by atoms with van der Waals surface area (Å²) in [7, 11) is 3.10. The lowest BCUT2D eigenvalue weighted by molar-refractivity contribution is -0.126. The van der Waals surface area contributed by atoms with E-state index in [0.717, 1.165) is 36.1 Å². The molecule has 2 aromatic carbocycles. The number of nitrogens with zero attached hydrogens (tertiary/aromatic N) is 2. The van der Waals surface area contributed by atoms with E-state index in [4.69, 9.17) is 9.57 Å². The van der Waals surface area contributed by atoms with Crippen LogP contribution < -0.4 is 10.1 Å². The van der Waals surface area contributed by atoms with Gasteiger partial charge in [0.2, 0.25) is 5.91 Å². The Kier molecular flexibility index (Phi) is 6.96. The van der Waals surface area contributed by atoms with Crippen LogP contribution in [-0.2, 0) is 9.63 Å². The lowest BCUT2D eigenvalue weighted by Gasteiger charge is -2.32. The molecule has 8 heteroatoms. The number of carbonyl (C=O) groups is 2. The summed E-state index contributed by atoms with van der Waals surface area (Å²) in [6, 6.07) is 14.4. The number of amides is 2. The first-order valence-corrected chi connectivity index (χ1v) is 12.6. The fourth-order valence-electron chi connectivity index (χ4n) is 6.35. The normalized spacial score (nSPS) is 27.9. The van der Waals surface area contributed by atoms with Gasteiger partial charge in [-0.15, -0.1) is 0 Å². The van der Waals surface area contributed by atoms with Crippen molar-refractivity contribution < 1.29 is 24.3 Å². The minimum atomic E-state index is -0.668. The van der Waals surface area contributed by atoms with Gasteiger partial charge in [0, 0.05) is 36.1 Å². The lowest BCUT2D eigenvalue weighted by atomic mass is 9.85. The van der Waals surface area contributed by atoms with E-state index in [0.29, 0.717) is 29.5 Å². The summed E-state index contributed by atoms with van der Waals surface area (Å²) in [6.45, 7) is 0.313.